The van der Waals surface area contributed by atoms with Gasteiger partial charge in [-0.05, 0) is 24.3 Å². The van der Waals surface area contributed by atoms with Crippen LogP contribution >= 0.6 is 0 Å². The lowest BCUT2D eigenvalue weighted by Crippen LogP contribution is -2.36. The lowest BCUT2D eigenvalue weighted by molar-refractivity contribution is 0.662. The van der Waals surface area contributed by atoms with Crippen molar-refractivity contribution in [2.45, 2.75) is 38.6 Å². The molecule has 1 aromatic heterocycles. The number of aromatic nitrogens is 2. The molecule has 1 saturated heterocycles. The maximum Gasteiger partial charge on any atom is 0.225 e. The van der Waals surface area contributed by atoms with Crippen molar-refractivity contribution in [3.8, 4) is 0 Å². The molecule has 0 amide bonds. The Morgan fingerprint density at radius 2 is 2.12 bits per heavy atom. The van der Waals surface area contributed by atoms with E-state index in [-0.39, 0.29) is 0 Å². The Labute approximate surface area is 96.9 Å². The summed E-state index contributed by atoms with van der Waals surface area (Å²) in [4.78, 5) is 11.1. The summed E-state index contributed by atoms with van der Waals surface area (Å²) in [5.74, 6) is 1.32. The van der Waals surface area contributed by atoms with Crippen molar-refractivity contribution in [1.82, 2.24) is 9.97 Å². The van der Waals surface area contributed by atoms with Crippen LogP contribution in [0.15, 0.2) is 12.4 Å². The van der Waals surface area contributed by atoms with Crippen LogP contribution in [0.2, 0.25) is 0 Å². The Kier molecular flexibility index (Phi) is 3.39. The Hall–Kier alpha value is -1.16. The van der Waals surface area contributed by atoms with Gasteiger partial charge >= 0.3 is 0 Å². The lowest BCUT2D eigenvalue weighted by Gasteiger charge is -2.23. The van der Waals surface area contributed by atoms with Gasteiger partial charge in [-0.25, -0.2) is 9.97 Å². The van der Waals surface area contributed by atoms with E-state index >= 15 is 0 Å². The van der Waals surface area contributed by atoms with E-state index < -0.39 is 0 Å². The highest BCUT2D eigenvalue weighted by molar-refractivity contribution is 5.34. The first kappa shape index (κ1) is 11.3. The molecule has 0 bridgehead atoms. The standard InChI is InChI=1S/C12H20N4/c1-9(2)10-7-14-12(15-8-10)16-5-3-4-11(16)6-13/h7-9,11H,3-6,13H2,1-2H3. The van der Waals surface area contributed by atoms with Crippen molar-refractivity contribution in [3.63, 3.8) is 0 Å². The van der Waals surface area contributed by atoms with Crippen molar-refractivity contribution in [1.29, 1.82) is 0 Å². The lowest BCUT2D eigenvalue weighted by atomic mass is 10.1. The molecule has 2 N–H and O–H groups in total. The van der Waals surface area contributed by atoms with Crippen LogP contribution in [0.25, 0.3) is 0 Å². The fourth-order valence-corrected chi connectivity index (χ4v) is 2.12. The Bertz CT molecular complexity index is 333. The number of rotatable bonds is 3. The summed E-state index contributed by atoms with van der Waals surface area (Å²) in [6, 6.07) is 0.421. The summed E-state index contributed by atoms with van der Waals surface area (Å²) in [6.07, 6.45) is 6.21. The summed E-state index contributed by atoms with van der Waals surface area (Å²) in [5.41, 5.74) is 6.93. The van der Waals surface area contributed by atoms with Crippen LogP contribution in [-0.4, -0.2) is 29.1 Å². The van der Waals surface area contributed by atoms with Crippen molar-refractivity contribution >= 4 is 5.95 Å². The molecule has 1 aromatic rings. The molecule has 0 spiro atoms. The van der Waals surface area contributed by atoms with Gasteiger partial charge in [-0.15, -0.1) is 0 Å². The molecule has 4 heteroatoms. The maximum atomic E-state index is 5.74. The van der Waals surface area contributed by atoms with E-state index in [2.05, 4.69) is 28.7 Å². The SMILES string of the molecule is CC(C)c1cnc(N2CCCC2CN)nc1. The summed E-state index contributed by atoms with van der Waals surface area (Å²) in [6.45, 7) is 6.02. The average Bonchev–Trinajstić information content (AvgIpc) is 2.77. The third-order valence-electron chi connectivity index (χ3n) is 3.23. The molecule has 1 atom stereocenters. The van der Waals surface area contributed by atoms with Gasteiger partial charge in [0.1, 0.15) is 0 Å². The van der Waals surface area contributed by atoms with Gasteiger partial charge in [-0.3, -0.25) is 0 Å². The fraction of sp³-hybridized carbons (Fsp3) is 0.667. The zero-order chi connectivity index (χ0) is 11.5. The molecule has 2 rings (SSSR count). The van der Waals surface area contributed by atoms with Gasteiger partial charge in [0.15, 0.2) is 0 Å². The molecule has 1 unspecified atom stereocenters. The van der Waals surface area contributed by atoms with Crippen molar-refractivity contribution in [2.24, 2.45) is 5.73 Å². The van der Waals surface area contributed by atoms with Gasteiger partial charge in [0.2, 0.25) is 5.95 Å². The summed E-state index contributed by atoms with van der Waals surface area (Å²) >= 11 is 0. The molecule has 1 fully saturated rings. The van der Waals surface area contributed by atoms with E-state index in [9.17, 15) is 0 Å². The van der Waals surface area contributed by atoms with E-state index in [1.807, 2.05) is 12.4 Å². The van der Waals surface area contributed by atoms with Crippen molar-refractivity contribution in [3.05, 3.63) is 18.0 Å². The van der Waals surface area contributed by atoms with E-state index in [1.165, 1.54) is 12.0 Å². The summed E-state index contributed by atoms with van der Waals surface area (Å²) in [5, 5.41) is 0. The summed E-state index contributed by atoms with van der Waals surface area (Å²) < 4.78 is 0. The normalized spacial score (nSPS) is 20.8. The second-order valence-corrected chi connectivity index (χ2v) is 4.70. The highest BCUT2D eigenvalue weighted by atomic mass is 15.3. The first-order chi connectivity index (χ1) is 7.72. The molecule has 4 nitrogen and oxygen atoms in total. The zero-order valence-corrected chi connectivity index (χ0v) is 10.1. The summed E-state index contributed by atoms with van der Waals surface area (Å²) in [7, 11) is 0. The topological polar surface area (TPSA) is 55.0 Å². The van der Waals surface area contributed by atoms with Gasteiger partial charge < -0.3 is 10.6 Å². The van der Waals surface area contributed by atoms with Gasteiger partial charge in [0, 0.05) is 31.5 Å². The van der Waals surface area contributed by atoms with Crippen LogP contribution < -0.4 is 10.6 Å². The minimum absolute atomic E-state index is 0.421. The van der Waals surface area contributed by atoms with Crippen molar-refractivity contribution < 1.29 is 0 Å². The van der Waals surface area contributed by atoms with Crippen LogP contribution in [0.5, 0.6) is 0 Å². The number of hydrogen-bond acceptors (Lipinski definition) is 4. The van der Waals surface area contributed by atoms with Gasteiger partial charge in [0.25, 0.3) is 0 Å². The van der Waals surface area contributed by atoms with Gasteiger partial charge in [-0.2, -0.15) is 0 Å². The molecule has 1 aliphatic heterocycles. The highest BCUT2D eigenvalue weighted by Crippen LogP contribution is 2.22. The van der Waals surface area contributed by atoms with E-state index in [4.69, 9.17) is 5.73 Å². The molecule has 0 aliphatic carbocycles. The smallest absolute Gasteiger partial charge is 0.225 e. The Morgan fingerprint density at radius 1 is 1.44 bits per heavy atom. The predicted molar refractivity (Wildman–Crippen MR) is 65.5 cm³/mol. The maximum absolute atomic E-state index is 5.74. The van der Waals surface area contributed by atoms with Crippen LogP contribution in [0.4, 0.5) is 5.95 Å². The Balaban J connectivity index is 2.15. The quantitative estimate of drug-likeness (QED) is 0.839. The second-order valence-electron chi connectivity index (χ2n) is 4.70. The molecule has 2 heterocycles. The molecule has 0 aromatic carbocycles. The average molecular weight is 220 g/mol. The largest absolute Gasteiger partial charge is 0.337 e. The first-order valence-electron chi connectivity index (χ1n) is 6.01. The van der Waals surface area contributed by atoms with Crippen LogP contribution in [0.3, 0.4) is 0 Å². The first-order valence-corrected chi connectivity index (χ1v) is 6.01. The molecular formula is C12H20N4. The minimum atomic E-state index is 0.421. The Morgan fingerprint density at radius 3 is 2.69 bits per heavy atom. The molecule has 88 valence electrons. The minimum Gasteiger partial charge on any atom is -0.337 e. The van der Waals surface area contributed by atoms with E-state index in [1.54, 1.807) is 0 Å². The molecule has 0 saturated carbocycles. The number of nitrogens with two attached hydrogens (primary N) is 1. The van der Waals surface area contributed by atoms with Crippen LogP contribution in [0, 0.1) is 0 Å². The second kappa shape index (κ2) is 4.78. The molecule has 0 radical (unpaired) electrons. The van der Waals surface area contributed by atoms with Crippen LogP contribution in [-0.2, 0) is 0 Å². The monoisotopic (exact) mass is 220 g/mol. The number of hydrogen-bond donors (Lipinski definition) is 1. The fourth-order valence-electron chi connectivity index (χ4n) is 2.12. The zero-order valence-electron chi connectivity index (χ0n) is 10.1. The van der Waals surface area contributed by atoms with E-state index in [0.29, 0.717) is 18.5 Å². The molecule has 1 aliphatic rings. The number of anilines is 1. The highest BCUT2D eigenvalue weighted by Gasteiger charge is 2.25. The van der Waals surface area contributed by atoms with Crippen LogP contribution in [0.1, 0.15) is 38.2 Å². The number of nitrogens with zero attached hydrogens (tertiary/aromatic N) is 3. The predicted octanol–water partition coefficient (Wildman–Crippen LogP) is 1.53. The van der Waals surface area contributed by atoms with E-state index in [0.717, 1.165) is 18.9 Å². The van der Waals surface area contributed by atoms with Gasteiger partial charge in [0.05, 0.1) is 0 Å². The third-order valence-corrected chi connectivity index (χ3v) is 3.23. The molecule has 16 heavy (non-hydrogen) atoms. The van der Waals surface area contributed by atoms with Crippen molar-refractivity contribution in [2.75, 3.05) is 18.0 Å². The molecular weight excluding hydrogens is 200 g/mol. The third kappa shape index (κ3) is 2.16. The van der Waals surface area contributed by atoms with Gasteiger partial charge in [-0.1, -0.05) is 13.8 Å².